The molecule has 1 unspecified atom stereocenters. The van der Waals surface area contributed by atoms with E-state index in [0.717, 1.165) is 53.4 Å². The van der Waals surface area contributed by atoms with Gasteiger partial charge in [0.1, 0.15) is 29.7 Å². The second-order valence-corrected chi connectivity index (χ2v) is 11.5. The number of unbranched alkanes of at least 4 members (excludes halogenated alkanes) is 3. The fraction of sp³-hybridized carbons (Fsp3) is 0.353. The standard InChI is InChI=1S/C34H37N7O5/c1-3-4-5-6-11-30(33(42)40-20-25(19-31(40)34(43)44)46-24-15-13-23(45-2)14-16-24)41-21-35-28-18-22(12-17-29(28)41)26-9-7-8-10-27(26)32-36-38-39-37-32/h7-10,12-18,21,25,30-31H,3-6,11,19-20H2,1-2H3,(H,43,44)(H,36,37,38,39)/t25-,30?,31-/m0/s1. The van der Waals surface area contributed by atoms with Gasteiger partial charge in [-0.15, -0.1) is 10.2 Å². The van der Waals surface area contributed by atoms with E-state index in [0.29, 0.717) is 23.7 Å². The number of hydrogen-bond donors (Lipinski definition) is 2. The molecule has 1 amide bonds. The summed E-state index contributed by atoms with van der Waals surface area (Å²) >= 11 is 0. The van der Waals surface area contributed by atoms with Gasteiger partial charge in [0.25, 0.3) is 0 Å². The van der Waals surface area contributed by atoms with Crippen molar-refractivity contribution in [3.63, 3.8) is 0 Å². The van der Waals surface area contributed by atoms with Crippen LogP contribution in [0.3, 0.4) is 0 Å². The van der Waals surface area contributed by atoms with Gasteiger partial charge in [-0.05, 0) is 59.2 Å². The molecule has 2 N–H and O–H groups in total. The van der Waals surface area contributed by atoms with Crippen LogP contribution in [0.25, 0.3) is 33.5 Å². The molecule has 5 aromatic rings. The largest absolute Gasteiger partial charge is 0.497 e. The van der Waals surface area contributed by atoms with Gasteiger partial charge in [-0.25, -0.2) is 9.78 Å². The zero-order chi connectivity index (χ0) is 32.0. The SMILES string of the molecule is CCCCCCC(C(=O)N1C[C@@H](Oc2ccc(OC)cc2)C[C@H]1C(=O)O)n1cnc2cc(-c3ccccc3-c3nn[nH]n3)ccc21. The van der Waals surface area contributed by atoms with Crippen molar-refractivity contribution in [2.75, 3.05) is 13.7 Å². The number of aliphatic carboxylic acids is 1. The number of carbonyl (C=O) groups is 2. The second-order valence-electron chi connectivity index (χ2n) is 11.5. The Kier molecular flexibility index (Phi) is 9.23. The first kappa shape index (κ1) is 30.8. The molecule has 3 atom stereocenters. The first-order chi connectivity index (χ1) is 22.5. The first-order valence-corrected chi connectivity index (χ1v) is 15.6. The summed E-state index contributed by atoms with van der Waals surface area (Å²) in [6.45, 7) is 2.32. The van der Waals surface area contributed by atoms with Crippen LogP contribution in [0.2, 0.25) is 0 Å². The molecule has 0 bridgehead atoms. The maximum atomic E-state index is 14.3. The molecule has 0 saturated carbocycles. The van der Waals surface area contributed by atoms with Crippen molar-refractivity contribution in [2.45, 2.75) is 63.6 Å². The van der Waals surface area contributed by atoms with E-state index >= 15 is 0 Å². The van der Waals surface area contributed by atoms with Crippen molar-refractivity contribution in [3.05, 3.63) is 73.1 Å². The number of nitrogens with one attached hydrogen (secondary N) is 1. The van der Waals surface area contributed by atoms with E-state index in [1.165, 1.54) is 4.90 Å². The van der Waals surface area contributed by atoms with E-state index in [-0.39, 0.29) is 18.9 Å². The van der Waals surface area contributed by atoms with Crippen LogP contribution in [0.15, 0.2) is 73.1 Å². The lowest BCUT2D eigenvalue weighted by Gasteiger charge is -2.28. The Morgan fingerprint density at radius 2 is 1.80 bits per heavy atom. The van der Waals surface area contributed by atoms with Crippen LogP contribution in [0.5, 0.6) is 11.5 Å². The summed E-state index contributed by atoms with van der Waals surface area (Å²) in [6.07, 6.45) is 5.95. The highest BCUT2D eigenvalue weighted by Gasteiger charge is 2.43. The third-order valence-electron chi connectivity index (χ3n) is 8.54. The Bertz CT molecular complexity index is 1790. The van der Waals surface area contributed by atoms with E-state index in [1.807, 2.05) is 47.0 Å². The number of nitrogens with zero attached hydrogens (tertiary/aromatic N) is 6. The Morgan fingerprint density at radius 3 is 2.52 bits per heavy atom. The molecular weight excluding hydrogens is 586 g/mol. The van der Waals surface area contributed by atoms with Gasteiger partial charge in [-0.1, -0.05) is 62.9 Å². The van der Waals surface area contributed by atoms with Gasteiger partial charge in [0.15, 0.2) is 0 Å². The average molecular weight is 624 g/mol. The Hall–Kier alpha value is -5.26. The Labute approximate surface area is 266 Å². The van der Waals surface area contributed by atoms with Gasteiger partial charge in [0.05, 0.1) is 31.0 Å². The number of benzene rings is 3. The number of carboxylic acids is 1. The number of imidazole rings is 1. The van der Waals surface area contributed by atoms with Crippen molar-refractivity contribution in [1.29, 1.82) is 0 Å². The molecule has 0 spiro atoms. The molecule has 1 saturated heterocycles. The molecule has 0 aliphatic carbocycles. The number of aromatic nitrogens is 6. The maximum Gasteiger partial charge on any atom is 0.326 e. The molecule has 12 heteroatoms. The molecule has 2 aromatic heterocycles. The molecule has 238 valence electrons. The quantitative estimate of drug-likeness (QED) is 0.161. The third-order valence-corrected chi connectivity index (χ3v) is 8.54. The van der Waals surface area contributed by atoms with E-state index < -0.39 is 24.2 Å². The number of likely N-dealkylation sites (tertiary alicyclic amines) is 1. The number of methoxy groups -OCH3 is 1. The molecular formula is C34H37N7O5. The predicted molar refractivity (Wildman–Crippen MR) is 171 cm³/mol. The highest BCUT2D eigenvalue weighted by atomic mass is 16.5. The molecule has 12 nitrogen and oxygen atoms in total. The first-order valence-electron chi connectivity index (χ1n) is 15.6. The van der Waals surface area contributed by atoms with E-state index in [1.54, 1.807) is 37.7 Å². The lowest BCUT2D eigenvalue weighted by molar-refractivity contribution is -0.149. The van der Waals surface area contributed by atoms with Crippen LogP contribution < -0.4 is 9.47 Å². The molecule has 46 heavy (non-hydrogen) atoms. The van der Waals surface area contributed by atoms with Crippen molar-refractivity contribution >= 4 is 22.9 Å². The van der Waals surface area contributed by atoms with Crippen molar-refractivity contribution in [2.24, 2.45) is 0 Å². The molecule has 3 heterocycles. The number of amides is 1. The number of fused-ring (bicyclic) bond motifs is 1. The highest BCUT2D eigenvalue weighted by molar-refractivity contribution is 5.90. The fourth-order valence-corrected chi connectivity index (χ4v) is 6.20. The number of rotatable bonds is 13. The summed E-state index contributed by atoms with van der Waals surface area (Å²) < 4.78 is 13.3. The Morgan fingerprint density at radius 1 is 1.02 bits per heavy atom. The number of carboxylic acid groups (broad SMARTS) is 1. The van der Waals surface area contributed by atoms with Gasteiger partial charge in [0, 0.05) is 12.0 Å². The van der Waals surface area contributed by atoms with Crippen molar-refractivity contribution < 1.29 is 24.2 Å². The van der Waals surface area contributed by atoms with Crippen LogP contribution in [0, 0.1) is 0 Å². The maximum absolute atomic E-state index is 14.3. The van der Waals surface area contributed by atoms with Crippen LogP contribution in [0.4, 0.5) is 0 Å². The molecule has 6 rings (SSSR count). The van der Waals surface area contributed by atoms with Gasteiger partial charge in [-0.2, -0.15) is 5.21 Å². The number of carbonyl (C=O) groups excluding carboxylic acids is 1. The van der Waals surface area contributed by atoms with Crippen LogP contribution in [0.1, 0.15) is 51.5 Å². The summed E-state index contributed by atoms with van der Waals surface area (Å²) in [7, 11) is 1.59. The van der Waals surface area contributed by atoms with Crippen molar-refractivity contribution in [1.82, 2.24) is 35.1 Å². The highest BCUT2D eigenvalue weighted by Crippen LogP contribution is 2.34. The molecule has 1 fully saturated rings. The zero-order valence-corrected chi connectivity index (χ0v) is 25.9. The fourth-order valence-electron chi connectivity index (χ4n) is 6.20. The van der Waals surface area contributed by atoms with Crippen LogP contribution >= 0.6 is 0 Å². The molecule has 3 aromatic carbocycles. The Balaban J connectivity index is 1.29. The minimum atomic E-state index is -1.04. The summed E-state index contributed by atoms with van der Waals surface area (Å²) in [5, 5.41) is 24.7. The van der Waals surface area contributed by atoms with Crippen LogP contribution in [-0.2, 0) is 9.59 Å². The van der Waals surface area contributed by atoms with Crippen LogP contribution in [-0.4, -0.2) is 77.9 Å². The van der Waals surface area contributed by atoms with E-state index in [4.69, 9.17) is 14.5 Å². The second kappa shape index (κ2) is 13.8. The van der Waals surface area contributed by atoms with Gasteiger partial charge in [0.2, 0.25) is 11.7 Å². The summed E-state index contributed by atoms with van der Waals surface area (Å²) in [4.78, 5) is 32.9. The molecule has 1 aliphatic heterocycles. The minimum Gasteiger partial charge on any atom is -0.497 e. The normalized spacial score (nSPS) is 16.9. The lowest BCUT2D eigenvalue weighted by atomic mass is 9.98. The molecule has 1 aliphatic rings. The topological polar surface area (TPSA) is 148 Å². The lowest BCUT2D eigenvalue weighted by Crippen LogP contribution is -2.44. The predicted octanol–water partition coefficient (Wildman–Crippen LogP) is 5.54. The number of tetrazole rings is 1. The van der Waals surface area contributed by atoms with Gasteiger partial charge >= 0.3 is 5.97 Å². The number of hydrogen-bond acceptors (Lipinski definition) is 8. The zero-order valence-electron chi connectivity index (χ0n) is 25.9. The molecule has 0 radical (unpaired) electrons. The average Bonchev–Trinajstić information content (AvgIpc) is 3.85. The number of ether oxygens (including phenoxy) is 2. The summed E-state index contributed by atoms with van der Waals surface area (Å²) in [6, 6.07) is 19.3. The minimum absolute atomic E-state index is 0.178. The number of H-pyrrole nitrogens is 1. The smallest absolute Gasteiger partial charge is 0.326 e. The summed E-state index contributed by atoms with van der Waals surface area (Å²) in [5.74, 6) is 0.500. The van der Waals surface area contributed by atoms with E-state index in [9.17, 15) is 14.7 Å². The third kappa shape index (κ3) is 6.42. The van der Waals surface area contributed by atoms with E-state index in [2.05, 4.69) is 27.5 Å². The monoisotopic (exact) mass is 623 g/mol. The number of aromatic amines is 1. The summed E-state index contributed by atoms with van der Waals surface area (Å²) in [5.41, 5.74) is 4.21. The van der Waals surface area contributed by atoms with Crippen molar-refractivity contribution in [3.8, 4) is 34.0 Å². The van der Waals surface area contributed by atoms with Gasteiger partial charge in [-0.3, -0.25) is 4.79 Å². The van der Waals surface area contributed by atoms with Gasteiger partial charge < -0.3 is 24.0 Å².